The van der Waals surface area contributed by atoms with E-state index in [0.717, 1.165) is 22.7 Å². The van der Waals surface area contributed by atoms with Gasteiger partial charge >= 0.3 is 0 Å². The smallest absolute Gasteiger partial charge is 0.147 e. The summed E-state index contributed by atoms with van der Waals surface area (Å²) in [5.74, 6) is 2.56. The molecule has 0 aliphatic rings. The van der Waals surface area contributed by atoms with Crippen LogP contribution in [0.25, 0.3) is 11.1 Å². The van der Waals surface area contributed by atoms with Gasteiger partial charge in [0.15, 0.2) is 0 Å². The first-order valence-corrected chi connectivity index (χ1v) is 8.32. The van der Waals surface area contributed by atoms with Crippen LogP contribution in [0.2, 0.25) is 0 Å². The number of benzene rings is 1. The Kier molecular flexibility index (Phi) is 5.23. The molecule has 0 amide bonds. The molecule has 0 fully saturated rings. The molecule has 21 heavy (non-hydrogen) atoms. The number of rotatable bonds is 6. The van der Waals surface area contributed by atoms with E-state index in [1.165, 1.54) is 11.5 Å². The minimum Gasteiger partial charge on any atom is -0.382 e. The molecule has 114 valence electrons. The van der Waals surface area contributed by atoms with Crippen molar-refractivity contribution in [2.24, 2.45) is 17.8 Å². The molecule has 4 heteroatoms. The number of hydrogen-bond acceptors (Lipinski definition) is 4. The molecule has 0 unspecified atom stereocenters. The average molecular weight is 303 g/mol. The van der Waals surface area contributed by atoms with Crippen LogP contribution in [-0.4, -0.2) is 10.9 Å². The zero-order chi connectivity index (χ0) is 15.4. The van der Waals surface area contributed by atoms with E-state index < -0.39 is 0 Å². The van der Waals surface area contributed by atoms with E-state index >= 15 is 0 Å². The Balaban J connectivity index is 2.19. The number of nitrogen functional groups attached to an aromatic ring is 1. The SMILES string of the molecule is CC(C)C(CNc1snc(N)c1-c1ccccc1)C(C)C. The molecular formula is C17H25N3S. The summed E-state index contributed by atoms with van der Waals surface area (Å²) in [6.07, 6.45) is 0. The molecule has 1 aromatic heterocycles. The van der Waals surface area contributed by atoms with Gasteiger partial charge < -0.3 is 11.1 Å². The highest BCUT2D eigenvalue weighted by Gasteiger charge is 2.19. The van der Waals surface area contributed by atoms with Crippen LogP contribution < -0.4 is 11.1 Å². The van der Waals surface area contributed by atoms with Crippen molar-refractivity contribution < 1.29 is 0 Å². The molecule has 0 aliphatic carbocycles. The third kappa shape index (κ3) is 3.76. The first kappa shape index (κ1) is 15.8. The number of nitrogens with zero attached hydrogens (tertiary/aromatic N) is 1. The van der Waals surface area contributed by atoms with Crippen LogP contribution in [0.15, 0.2) is 30.3 Å². The normalized spacial score (nSPS) is 11.6. The first-order chi connectivity index (χ1) is 10.0. The maximum absolute atomic E-state index is 6.06. The predicted octanol–water partition coefficient (Wildman–Crippen LogP) is 4.73. The number of nitrogens with two attached hydrogens (primary N) is 1. The van der Waals surface area contributed by atoms with Crippen molar-refractivity contribution in [2.45, 2.75) is 27.7 Å². The molecule has 1 aromatic carbocycles. The van der Waals surface area contributed by atoms with Gasteiger partial charge in [0.25, 0.3) is 0 Å². The summed E-state index contributed by atoms with van der Waals surface area (Å²) in [6.45, 7) is 10.1. The average Bonchev–Trinajstić information content (AvgIpc) is 2.80. The van der Waals surface area contributed by atoms with E-state index in [0.29, 0.717) is 23.6 Å². The lowest BCUT2D eigenvalue weighted by atomic mass is 9.85. The van der Waals surface area contributed by atoms with Gasteiger partial charge in [-0.3, -0.25) is 0 Å². The van der Waals surface area contributed by atoms with E-state index in [1.807, 2.05) is 18.2 Å². The highest BCUT2D eigenvalue weighted by Crippen LogP contribution is 2.37. The minimum atomic E-state index is 0.611. The number of nitrogens with one attached hydrogen (secondary N) is 1. The zero-order valence-corrected chi connectivity index (χ0v) is 14.1. The monoisotopic (exact) mass is 303 g/mol. The summed E-state index contributed by atoms with van der Waals surface area (Å²) in [4.78, 5) is 0. The van der Waals surface area contributed by atoms with Crippen LogP contribution in [0.4, 0.5) is 10.8 Å². The quantitative estimate of drug-likeness (QED) is 0.811. The van der Waals surface area contributed by atoms with E-state index in [9.17, 15) is 0 Å². The fourth-order valence-electron chi connectivity index (χ4n) is 2.76. The molecular weight excluding hydrogens is 278 g/mol. The molecule has 3 N–H and O–H groups in total. The Morgan fingerprint density at radius 1 is 1.10 bits per heavy atom. The van der Waals surface area contributed by atoms with Crippen molar-refractivity contribution in [3.05, 3.63) is 30.3 Å². The molecule has 0 spiro atoms. The summed E-state index contributed by atoms with van der Waals surface area (Å²) < 4.78 is 4.32. The van der Waals surface area contributed by atoms with Crippen LogP contribution in [0.3, 0.4) is 0 Å². The maximum atomic E-state index is 6.06. The second-order valence-electron chi connectivity index (χ2n) is 6.17. The van der Waals surface area contributed by atoms with Crippen molar-refractivity contribution in [1.82, 2.24) is 4.37 Å². The highest BCUT2D eigenvalue weighted by molar-refractivity contribution is 7.11. The molecule has 2 rings (SSSR count). The van der Waals surface area contributed by atoms with Crippen LogP contribution in [-0.2, 0) is 0 Å². The Hall–Kier alpha value is -1.55. The molecule has 0 bridgehead atoms. The fourth-order valence-corrected chi connectivity index (χ4v) is 3.50. The summed E-state index contributed by atoms with van der Waals surface area (Å²) in [6, 6.07) is 10.2. The maximum Gasteiger partial charge on any atom is 0.147 e. The fraction of sp³-hybridized carbons (Fsp3) is 0.471. The summed E-state index contributed by atoms with van der Waals surface area (Å²) >= 11 is 1.45. The Morgan fingerprint density at radius 2 is 1.71 bits per heavy atom. The summed E-state index contributed by atoms with van der Waals surface area (Å²) in [5.41, 5.74) is 8.21. The molecule has 0 saturated carbocycles. The third-order valence-corrected chi connectivity index (χ3v) is 4.81. The van der Waals surface area contributed by atoms with Gasteiger partial charge in [-0.1, -0.05) is 58.0 Å². The van der Waals surface area contributed by atoms with E-state index in [1.54, 1.807) is 0 Å². The first-order valence-electron chi connectivity index (χ1n) is 7.55. The molecule has 1 heterocycles. The molecule has 0 atom stereocenters. The van der Waals surface area contributed by atoms with Gasteiger partial charge in [0.2, 0.25) is 0 Å². The van der Waals surface area contributed by atoms with E-state index in [-0.39, 0.29) is 0 Å². The van der Waals surface area contributed by atoms with E-state index in [2.05, 4.69) is 49.5 Å². The molecule has 2 aromatic rings. The predicted molar refractivity (Wildman–Crippen MR) is 93.6 cm³/mol. The summed E-state index contributed by atoms with van der Waals surface area (Å²) in [7, 11) is 0. The van der Waals surface area contributed by atoms with Crippen LogP contribution >= 0.6 is 11.5 Å². The lowest BCUT2D eigenvalue weighted by Crippen LogP contribution is -2.24. The largest absolute Gasteiger partial charge is 0.382 e. The van der Waals surface area contributed by atoms with Crippen LogP contribution in [0.5, 0.6) is 0 Å². The molecule has 0 radical (unpaired) electrons. The van der Waals surface area contributed by atoms with Gasteiger partial charge in [0, 0.05) is 6.54 Å². The second kappa shape index (κ2) is 6.94. The van der Waals surface area contributed by atoms with Crippen LogP contribution in [0, 0.1) is 17.8 Å². The Bertz CT molecular complexity index is 553. The van der Waals surface area contributed by atoms with Gasteiger partial charge in [-0.2, -0.15) is 4.37 Å². The van der Waals surface area contributed by atoms with Crippen molar-refractivity contribution in [2.75, 3.05) is 17.6 Å². The Morgan fingerprint density at radius 3 is 2.29 bits per heavy atom. The van der Waals surface area contributed by atoms with E-state index in [4.69, 9.17) is 5.73 Å². The topological polar surface area (TPSA) is 50.9 Å². The van der Waals surface area contributed by atoms with Gasteiger partial charge in [0.05, 0.1) is 5.56 Å². The standard InChI is InChI=1S/C17H25N3S/c1-11(2)14(12(3)4)10-19-17-15(16(18)20-21-17)13-8-6-5-7-9-13/h5-9,11-12,14,19H,10H2,1-4H3,(H2,18,20). The lowest BCUT2D eigenvalue weighted by Gasteiger charge is -2.25. The summed E-state index contributed by atoms with van der Waals surface area (Å²) in [5, 5.41) is 4.65. The van der Waals surface area contributed by atoms with Gasteiger partial charge in [-0.15, -0.1) is 0 Å². The minimum absolute atomic E-state index is 0.611. The molecule has 3 nitrogen and oxygen atoms in total. The molecule has 0 saturated heterocycles. The third-order valence-electron chi connectivity index (χ3n) is 3.99. The van der Waals surface area contributed by atoms with Gasteiger partial charge in [-0.25, -0.2) is 0 Å². The van der Waals surface area contributed by atoms with Crippen molar-refractivity contribution in [3.63, 3.8) is 0 Å². The van der Waals surface area contributed by atoms with Crippen molar-refractivity contribution in [3.8, 4) is 11.1 Å². The van der Waals surface area contributed by atoms with Crippen molar-refractivity contribution in [1.29, 1.82) is 0 Å². The second-order valence-corrected chi connectivity index (χ2v) is 6.94. The zero-order valence-electron chi connectivity index (χ0n) is 13.3. The van der Waals surface area contributed by atoms with Crippen molar-refractivity contribution >= 4 is 22.4 Å². The number of anilines is 2. The van der Waals surface area contributed by atoms with Crippen LogP contribution in [0.1, 0.15) is 27.7 Å². The molecule has 0 aliphatic heterocycles. The number of hydrogen-bond donors (Lipinski definition) is 2. The van der Waals surface area contributed by atoms with Gasteiger partial charge in [0.1, 0.15) is 10.8 Å². The number of aromatic nitrogens is 1. The van der Waals surface area contributed by atoms with Gasteiger partial charge in [-0.05, 0) is 34.8 Å². The highest BCUT2D eigenvalue weighted by atomic mass is 32.1. The lowest BCUT2D eigenvalue weighted by molar-refractivity contribution is 0.304. The Labute approximate surface area is 131 Å².